The summed E-state index contributed by atoms with van der Waals surface area (Å²) in [6.07, 6.45) is 5.59. The molecule has 144 valence electrons. The summed E-state index contributed by atoms with van der Waals surface area (Å²) >= 11 is 0. The topological polar surface area (TPSA) is 40.1 Å². The number of nitrogens with one attached hydrogen (secondary N) is 1. The Hall–Kier alpha value is -1.75. The van der Waals surface area contributed by atoms with Crippen LogP contribution in [0.1, 0.15) is 37.3 Å². The molecule has 26 heavy (non-hydrogen) atoms. The predicted octanol–water partition coefficient (Wildman–Crippen LogP) is 3.00. The number of aliphatic imine (C=N–C) groups is 1. The van der Waals surface area contributed by atoms with E-state index < -0.39 is 0 Å². The fourth-order valence-corrected chi connectivity index (χ4v) is 4.52. The molecule has 0 bridgehead atoms. The van der Waals surface area contributed by atoms with E-state index >= 15 is 0 Å². The molecule has 2 fully saturated rings. The van der Waals surface area contributed by atoms with Crippen molar-refractivity contribution in [3.05, 3.63) is 29.8 Å². The summed E-state index contributed by atoms with van der Waals surface area (Å²) in [5.41, 5.74) is 1.29. The summed E-state index contributed by atoms with van der Waals surface area (Å²) in [5.74, 6) is 3.69. The van der Waals surface area contributed by atoms with Crippen molar-refractivity contribution in [1.82, 2.24) is 15.1 Å². The highest BCUT2D eigenvalue weighted by Crippen LogP contribution is 2.36. The third kappa shape index (κ3) is 4.32. The quantitative estimate of drug-likeness (QED) is 0.649. The maximum absolute atomic E-state index is 5.28. The van der Waals surface area contributed by atoms with Crippen LogP contribution in [0.4, 0.5) is 0 Å². The number of likely N-dealkylation sites (N-methyl/N-ethyl adjacent to an activating group) is 1. The van der Waals surface area contributed by atoms with E-state index in [2.05, 4.69) is 46.3 Å². The molecule has 3 unspecified atom stereocenters. The average molecular weight is 359 g/mol. The Morgan fingerprint density at radius 2 is 1.81 bits per heavy atom. The summed E-state index contributed by atoms with van der Waals surface area (Å²) in [4.78, 5) is 9.30. The van der Waals surface area contributed by atoms with E-state index in [1.165, 1.54) is 44.3 Å². The van der Waals surface area contributed by atoms with Crippen molar-refractivity contribution in [1.29, 1.82) is 0 Å². The minimum atomic E-state index is 0.294. The van der Waals surface area contributed by atoms with Crippen molar-refractivity contribution >= 4 is 5.96 Å². The molecule has 1 aromatic carbocycles. The smallest absolute Gasteiger partial charge is 0.193 e. The molecule has 1 aliphatic carbocycles. The Kier molecular flexibility index (Phi) is 6.41. The zero-order valence-electron chi connectivity index (χ0n) is 16.7. The fourth-order valence-electron chi connectivity index (χ4n) is 4.52. The second kappa shape index (κ2) is 8.76. The van der Waals surface area contributed by atoms with Gasteiger partial charge in [-0.3, -0.25) is 4.99 Å². The number of guanidine groups is 1. The van der Waals surface area contributed by atoms with Crippen LogP contribution < -0.4 is 10.1 Å². The molecule has 3 rings (SSSR count). The molecule has 0 spiro atoms. The summed E-state index contributed by atoms with van der Waals surface area (Å²) in [7, 11) is 7.87. The lowest BCUT2D eigenvalue weighted by Crippen LogP contribution is -2.43. The average Bonchev–Trinajstić information content (AvgIpc) is 3.09. The molecule has 0 radical (unpaired) electrons. The van der Waals surface area contributed by atoms with E-state index in [1.807, 2.05) is 19.2 Å². The number of rotatable bonds is 5. The largest absolute Gasteiger partial charge is 0.497 e. The number of hydrogen-bond acceptors (Lipinski definition) is 3. The molecule has 2 aliphatic rings. The van der Waals surface area contributed by atoms with Crippen LogP contribution in [0.2, 0.25) is 0 Å². The Balaban J connectivity index is 1.62. The van der Waals surface area contributed by atoms with Crippen molar-refractivity contribution in [2.45, 2.75) is 31.7 Å². The van der Waals surface area contributed by atoms with E-state index in [9.17, 15) is 0 Å². The molecule has 3 atom stereocenters. The van der Waals surface area contributed by atoms with Gasteiger partial charge in [-0.2, -0.15) is 0 Å². The highest BCUT2D eigenvalue weighted by atomic mass is 16.5. The maximum Gasteiger partial charge on any atom is 0.193 e. The van der Waals surface area contributed by atoms with Gasteiger partial charge in [0.1, 0.15) is 5.75 Å². The number of hydrogen-bond donors (Lipinski definition) is 1. The Morgan fingerprint density at radius 3 is 2.31 bits per heavy atom. The van der Waals surface area contributed by atoms with Gasteiger partial charge in [0.2, 0.25) is 0 Å². The second-order valence-corrected chi connectivity index (χ2v) is 7.89. The van der Waals surface area contributed by atoms with E-state index in [0.29, 0.717) is 6.04 Å². The van der Waals surface area contributed by atoms with Crippen LogP contribution >= 0.6 is 0 Å². The standard InChI is InChI=1S/C21H34N4O/c1-22-21(25-14-17-7-5-6-8-18(17)15-25)23-13-20(24(2)3)16-9-11-19(26-4)12-10-16/h9-12,17-18,20H,5-8,13-15H2,1-4H3,(H,22,23). The minimum absolute atomic E-state index is 0.294. The third-order valence-corrected chi connectivity index (χ3v) is 6.07. The number of likely N-dealkylation sites (tertiary alicyclic amines) is 1. The molecule has 1 aromatic rings. The zero-order valence-corrected chi connectivity index (χ0v) is 16.7. The molecule has 1 aliphatic heterocycles. The van der Waals surface area contributed by atoms with Crippen LogP contribution in [0, 0.1) is 11.8 Å². The SMILES string of the molecule is CN=C(NCC(c1ccc(OC)cc1)N(C)C)N1CC2CCCCC2C1. The fraction of sp³-hybridized carbons (Fsp3) is 0.667. The third-order valence-electron chi connectivity index (χ3n) is 6.07. The number of methoxy groups -OCH3 is 1. The van der Waals surface area contributed by atoms with E-state index in [1.54, 1.807) is 7.11 Å². The lowest BCUT2D eigenvalue weighted by Gasteiger charge is -2.28. The van der Waals surface area contributed by atoms with Gasteiger partial charge in [0.15, 0.2) is 5.96 Å². The van der Waals surface area contributed by atoms with Gasteiger partial charge in [0.05, 0.1) is 13.2 Å². The van der Waals surface area contributed by atoms with Gasteiger partial charge in [-0.15, -0.1) is 0 Å². The number of benzene rings is 1. The first-order valence-electron chi connectivity index (χ1n) is 9.88. The van der Waals surface area contributed by atoms with Crippen molar-refractivity contribution in [3.8, 4) is 5.75 Å². The van der Waals surface area contributed by atoms with Gasteiger partial charge >= 0.3 is 0 Å². The van der Waals surface area contributed by atoms with Crippen LogP contribution in [-0.2, 0) is 0 Å². The van der Waals surface area contributed by atoms with Gasteiger partial charge in [-0.05, 0) is 56.5 Å². The summed E-state index contributed by atoms with van der Waals surface area (Å²) < 4.78 is 5.28. The Morgan fingerprint density at radius 1 is 1.19 bits per heavy atom. The van der Waals surface area contributed by atoms with Gasteiger partial charge < -0.3 is 19.9 Å². The first kappa shape index (κ1) is 19.0. The molecular weight excluding hydrogens is 324 g/mol. The maximum atomic E-state index is 5.28. The van der Waals surface area contributed by atoms with Gasteiger partial charge in [0, 0.05) is 26.7 Å². The first-order valence-corrected chi connectivity index (χ1v) is 9.88. The van der Waals surface area contributed by atoms with E-state index in [-0.39, 0.29) is 0 Å². The molecule has 1 saturated heterocycles. The van der Waals surface area contributed by atoms with Gasteiger partial charge in [-0.25, -0.2) is 0 Å². The minimum Gasteiger partial charge on any atom is -0.497 e. The second-order valence-electron chi connectivity index (χ2n) is 7.89. The molecule has 5 nitrogen and oxygen atoms in total. The van der Waals surface area contributed by atoms with Gasteiger partial charge in [0.25, 0.3) is 0 Å². The lowest BCUT2D eigenvalue weighted by atomic mass is 9.82. The number of ether oxygens (including phenoxy) is 1. The molecule has 1 N–H and O–H groups in total. The molecule has 1 heterocycles. The molecule has 0 amide bonds. The van der Waals surface area contributed by atoms with Crippen LogP contribution in [0.3, 0.4) is 0 Å². The van der Waals surface area contributed by atoms with Crippen LogP contribution in [0.5, 0.6) is 5.75 Å². The molecule has 5 heteroatoms. The lowest BCUT2D eigenvalue weighted by molar-refractivity contribution is 0.295. The number of nitrogens with zero attached hydrogens (tertiary/aromatic N) is 3. The van der Waals surface area contributed by atoms with E-state index in [4.69, 9.17) is 4.74 Å². The van der Waals surface area contributed by atoms with Gasteiger partial charge in [-0.1, -0.05) is 25.0 Å². The first-order chi connectivity index (χ1) is 12.6. The Bertz CT molecular complexity index is 585. The molecule has 1 saturated carbocycles. The van der Waals surface area contributed by atoms with Crippen molar-refractivity contribution in [2.24, 2.45) is 16.8 Å². The van der Waals surface area contributed by atoms with Crippen LogP contribution in [0.25, 0.3) is 0 Å². The summed E-state index contributed by atoms with van der Waals surface area (Å²) in [6, 6.07) is 8.66. The number of fused-ring (bicyclic) bond motifs is 1. The van der Waals surface area contributed by atoms with Crippen molar-refractivity contribution < 1.29 is 4.74 Å². The van der Waals surface area contributed by atoms with E-state index in [0.717, 1.165) is 30.1 Å². The monoisotopic (exact) mass is 358 g/mol. The molecular formula is C21H34N4O. The normalized spacial score (nSPS) is 24.5. The highest BCUT2D eigenvalue weighted by molar-refractivity contribution is 5.80. The zero-order chi connectivity index (χ0) is 18.5. The summed E-state index contributed by atoms with van der Waals surface area (Å²) in [5, 5.41) is 3.63. The van der Waals surface area contributed by atoms with Crippen molar-refractivity contribution in [3.63, 3.8) is 0 Å². The molecule has 0 aromatic heterocycles. The van der Waals surface area contributed by atoms with Crippen molar-refractivity contribution in [2.75, 3.05) is 47.9 Å². The predicted molar refractivity (Wildman–Crippen MR) is 108 cm³/mol. The Labute approximate surface area is 158 Å². The van der Waals surface area contributed by atoms with Crippen LogP contribution in [-0.4, -0.2) is 63.6 Å². The van der Waals surface area contributed by atoms with Crippen LogP contribution in [0.15, 0.2) is 29.3 Å². The highest BCUT2D eigenvalue weighted by Gasteiger charge is 2.35. The summed E-state index contributed by atoms with van der Waals surface area (Å²) in [6.45, 7) is 3.18.